The van der Waals surface area contributed by atoms with Crippen LogP contribution < -0.4 is 0 Å². The van der Waals surface area contributed by atoms with Crippen LogP contribution in [-0.4, -0.2) is 15.8 Å². The van der Waals surface area contributed by atoms with Gasteiger partial charge in [-0.25, -0.2) is 9.97 Å². The van der Waals surface area contributed by atoms with Crippen LogP contribution in [0.15, 0.2) is 48.3 Å². The van der Waals surface area contributed by atoms with Crippen LogP contribution in [0.1, 0.15) is 39.2 Å². The third kappa shape index (κ3) is 3.45. The molecule has 1 aliphatic rings. The quantitative estimate of drug-likeness (QED) is 0.763. The highest BCUT2D eigenvalue weighted by Gasteiger charge is 2.32. The Morgan fingerprint density at radius 1 is 1.08 bits per heavy atom. The molecule has 124 valence electrons. The summed E-state index contributed by atoms with van der Waals surface area (Å²) in [7, 11) is 0. The van der Waals surface area contributed by atoms with Gasteiger partial charge in [0.2, 0.25) is 0 Å². The van der Waals surface area contributed by atoms with E-state index in [1.165, 1.54) is 0 Å². The van der Waals surface area contributed by atoms with Gasteiger partial charge in [0.15, 0.2) is 11.6 Å². The fourth-order valence-electron chi connectivity index (χ4n) is 3.35. The molecule has 2 aromatic rings. The summed E-state index contributed by atoms with van der Waals surface area (Å²) in [5, 5.41) is 0. The number of nitrogens with zero attached hydrogens (tertiary/aromatic N) is 2. The molecule has 3 rings (SSSR count). The summed E-state index contributed by atoms with van der Waals surface area (Å²) < 4.78 is 0. The van der Waals surface area contributed by atoms with Gasteiger partial charge >= 0.3 is 0 Å². The van der Waals surface area contributed by atoms with Gasteiger partial charge in [-0.2, -0.15) is 0 Å². The van der Waals surface area contributed by atoms with Crippen LogP contribution in [0.5, 0.6) is 0 Å². The number of benzene rings is 1. The van der Waals surface area contributed by atoms with Crippen molar-refractivity contribution in [1.29, 1.82) is 0 Å². The molecule has 0 aliphatic heterocycles. The van der Waals surface area contributed by atoms with Crippen LogP contribution in [0.25, 0.3) is 17.5 Å². The van der Waals surface area contributed by atoms with Crippen molar-refractivity contribution in [3.63, 3.8) is 0 Å². The fraction of sp³-hybridized carbons (Fsp3) is 0.381. The van der Waals surface area contributed by atoms with Crippen molar-refractivity contribution in [3.8, 4) is 11.4 Å². The van der Waals surface area contributed by atoms with E-state index in [2.05, 4.69) is 30.7 Å². The molecule has 1 saturated carbocycles. The third-order valence-electron chi connectivity index (χ3n) is 4.89. The molecule has 3 heteroatoms. The van der Waals surface area contributed by atoms with Gasteiger partial charge in [0, 0.05) is 29.4 Å². The smallest absolute Gasteiger partial charge is 0.162 e. The summed E-state index contributed by atoms with van der Waals surface area (Å²) in [6.07, 6.45) is 7.67. The first kappa shape index (κ1) is 16.6. The molecule has 1 aliphatic carbocycles. The summed E-state index contributed by atoms with van der Waals surface area (Å²) in [5.41, 5.74) is 2.82. The minimum atomic E-state index is 0.150. The summed E-state index contributed by atoms with van der Waals surface area (Å²) in [5.74, 6) is 1.86. The van der Waals surface area contributed by atoms with E-state index in [1.807, 2.05) is 36.4 Å². The number of carbonyl (C=O) groups excluding carboxylic acids is 1. The maximum atomic E-state index is 12.8. The lowest BCUT2D eigenvalue weighted by Crippen LogP contribution is -2.30. The van der Waals surface area contributed by atoms with Gasteiger partial charge in [0.25, 0.3) is 0 Å². The number of aromatic nitrogens is 2. The maximum absolute atomic E-state index is 12.8. The molecular weight excluding hydrogens is 296 g/mol. The average Bonchev–Trinajstić information content (AvgIpc) is 2.59. The Hall–Kier alpha value is -2.29. The molecule has 1 heterocycles. The molecular formula is C21H24N2O. The zero-order valence-corrected chi connectivity index (χ0v) is 14.6. The lowest BCUT2D eigenvalue weighted by molar-refractivity contribution is -0.122. The van der Waals surface area contributed by atoms with Gasteiger partial charge < -0.3 is 0 Å². The monoisotopic (exact) mass is 320 g/mol. The Morgan fingerprint density at radius 3 is 2.38 bits per heavy atom. The zero-order valence-electron chi connectivity index (χ0n) is 14.6. The predicted octanol–water partition coefficient (Wildman–Crippen LogP) is 4.80. The van der Waals surface area contributed by atoms with E-state index in [1.54, 1.807) is 12.4 Å². The third-order valence-corrected chi connectivity index (χ3v) is 4.89. The van der Waals surface area contributed by atoms with E-state index in [0.717, 1.165) is 29.5 Å². The van der Waals surface area contributed by atoms with E-state index < -0.39 is 0 Å². The second-order valence-electron chi connectivity index (χ2n) is 7.00. The van der Waals surface area contributed by atoms with Crippen LogP contribution in [0.3, 0.4) is 0 Å². The summed E-state index contributed by atoms with van der Waals surface area (Å²) in [4.78, 5) is 21.7. The molecule has 24 heavy (non-hydrogen) atoms. The largest absolute Gasteiger partial charge is 0.294 e. The second-order valence-corrected chi connectivity index (χ2v) is 7.00. The molecule has 0 spiro atoms. The Labute approximate surface area is 143 Å². The minimum Gasteiger partial charge on any atom is -0.294 e. The van der Waals surface area contributed by atoms with Crippen molar-refractivity contribution in [3.05, 3.63) is 53.9 Å². The first-order valence-electron chi connectivity index (χ1n) is 8.69. The lowest BCUT2D eigenvalue weighted by atomic mass is 9.73. The standard InChI is InChI=1S/C21H24N2O/c1-14(2)18-10-9-15(3)19(20(18)24)11-16-12-22-21(23-13-16)17-7-5-4-6-8-17/h4-8,11-15,18H,9-10H2,1-3H3/t15-,18+/m0/s1. The molecule has 0 N–H and O–H groups in total. The summed E-state index contributed by atoms with van der Waals surface area (Å²) in [6, 6.07) is 9.91. The number of ketones is 1. The predicted molar refractivity (Wildman–Crippen MR) is 97.2 cm³/mol. The molecule has 0 amide bonds. The molecule has 0 saturated heterocycles. The fourth-order valence-corrected chi connectivity index (χ4v) is 3.35. The van der Waals surface area contributed by atoms with E-state index in [9.17, 15) is 4.79 Å². The maximum Gasteiger partial charge on any atom is 0.162 e. The number of rotatable bonds is 3. The van der Waals surface area contributed by atoms with E-state index >= 15 is 0 Å². The van der Waals surface area contributed by atoms with Gasteiger partial charge in [0.05, 0.1) is 0 Å². The van der Waals surface area contributed by atoms with Crippen LogP contribution in [-0.2, 0) is 4.79 Å². The van der Waals surface area contributed by atoms with Crippen molar-refractivity contribution < 1.29 is 4.79 Å². The van der Waals surface area contributed by atoms with Crippen LogP contribution >= 0.6 is 0 Å². The molecule has 3 nitrogen and oxygen atoms in total. The van der Waals surface area contributed by atoms with Crippen LogP contribution in [0.2, 0.25) is 0 Å². The SMILES string of the molecule is CC(C)[C@H]1CC[C@H](C)C(=Cc2cnc(-c3ccccc3)nc2)C1=O. The topological polar surface area (TPSA) is 42.9 Å². The molecule has 1 aromatic heterocycles. The van der Waals surface area contributed by atoms with Gasteiger partial charge in [0.1, 0.15) is 0 Å². The van der Waals surface area contributed by atoms with Crippen molar-refractivity contribution in [2.45, 2.75) is 33.6 Å². The van der Waals surface area contributed by atoms with E-state index in [4.69, 9.17) is 0 Å². The summed E-state index contributed by atoms with van der Waals surface area (Å²) >= 11 is 0. The Balaban J connectivity index is 1.86. The first-order chi connectivity index (χ1) is 11.6. The highest BCUT2D eigenvalue weighted by molar-refractivity contribution is 6.02. The number of hydrogen-bond acceptors (Lipinski definition) is 3. The van der Waals surface area contributed by atoms with E-state index in [-0.39, 0.29) is 5.92 Å². The van der Waals surface area contributed by atoms with Crippen molar-refractivity contribution in [1.82, 2.24) is 9.97 Å². The highest BCUT2D eigenvalue weighted by Crippen LogP contribution is 2.35. The van der Waals surface area contributed by atoms with Crippen LogP contribution in [0, 0.1) is 17.8 Å². The molecule has 1 aromatic carbocycles. The van der Waals surface area contributed by atoms with Crippen molar-refractivity contribution in [2.75, 3.05) is 0 Å². The van der Waals surface area contributed by atoms with Gasteiger partial charge in [-0.15, -0.1) is 0 Å². The second kappa shape index (κ2) is 7.08. The Kier molecular flexibility index (Phi) is 4.89. The number of Topliss-reactive ketones (excluding diaryl/α,β-unsaturated/α-hetero) is 1. The number of allylic oxidation sites excluding steroid dienone is 1. The zero-order chi connectivity index (χ0) is 17.1. The molecule has 0 unspecified atom stereocenters. The number of hydrogen-bond donors (Lipinski definition) is 0. The molecule has 0 bridgehead atoms. The first-order valence-corrected chi connectivity index (χ1v) is 8.69. The normalized spacial score (nSPS) is 23.0. The summed E-state index contributed by atoms with van der Waals surface area (Å²) in [6.45, 7) is 6.40. The van der Waals surface area contributed by atoms with Gasteiger partial charge in [-0.3, -0.25) is 4.79 Å². The Morgan fingerprint density at radius 2 is 1.75 bits per heavy atom. The van der Waals surface area contributed by atoms with Crippen molar-refractivity contribution in [2.24, 2.45) is 17.8 Å². The minimum absolute atomic E-state index is 0.150. The number of carbonyl (C=O) groups is 1. The molecule has 2 atom stereocenters. The Bertz CT molecular complexity index is 732. The van der Waals surface area contributed by atoms with E-state index in [0.29, 0.717) is 23.4 Å². The molecule has 1 fully saturated rings. The van der Waals surface area contributed by atoms with Crippen molar-refractivity contribution >= 4 is 11.9 Å². The van der Waals surface area contributed by atoms with Crippen LogP contribution in [0.4, 0.5) is 0 Å². The van der Waals surface area contributed by atoms with Gasteiger partial charge in [-0.1, -0.05) is 51.1 Å². The average molecular weight is 320 g/mol. The lowest BCUT2D eigenvalue weighted by Gasteiger charge is -2.30. The van der Waals surface area contributed by atoms with Gasteiger partial charge in [-0.05, 0) is 36.3 Å². The highest BCUT2D eigenvalue weighted by atomic mass is 16.1. The molecule has 0 radical (unpaired) electrons.